The number of rotatable bonds is 6. The molecule has 2 heterocycles. The minimum Gasteiger partial charge on any atom is -0.341 e. The maximum absolute atomic E-state index is 12.4. The van der Waals surface area contributed by atoms with E-state index in [0.29, 0.717) is 19.5 Å². The molecule has 0 saturated carbocycles. The summed E-state index contributed by atoms with van der Waals surface area (Å²) in [6.45, 7) is 7.19. The van der Waals surface area contributed by atoms with Gasteiger partial charge in [0.25, 0.3) is 0 Å². The Morgan fingerprint density at radius 2 is 1.96 bits per heavy atom. The second-order valence-corrected chi connectivity index (χ2v) is 6.51. The molecule has 0 atom stereocenters. The van der Waals surface area contributed by atoms with Crippen molar-refractivity contribution in [2.75, 3.05) is 7.05 Å². The fourth-order valence-electron chi connectivity index (χ4n) is 3.01. The fraction of sp³-hybridized carbons (Fsp3) is 0.368. The zero-order chi connectivity index (χ0) is 18.7. The van der Waals surface area contributed by atoms with Crippen LogP contribution < -0.4 is 0 Å². The maximum atomic E-state index is 12.4. The van der Waals surface area contributed by atoms with Crippen molar-refractivity contribution in [1.82, 2.24) is 29.4 Å². The van der Waals surface area contributed by atoms with Gasteiger partial charge in [-0.2, -0.15) is 10.2 Å². The van der Waals surface area contributed by atoms with Crippen molar-refractivity contribution in [3.63, 3.8) is 0 Å². The van der Waals surface area contributed by atoms with E-state index in [0.717, 1.165) is 22.6 Å². The number of aromatic nitrogens is 5. The second-order valence-electron chi connectivity index (χ2n) is 6.51. The zero-order valence-corrected chi connectivity index (χ0v) is 15.7. The summed E-state index contributed by atoms with van der Waals surface area (Å²) >= 11 is 0. The summed E-state index contributed by atoms with van der Waals surface area (Å²) in [5.41, 5.74) is 5.33. The summed E-state index contributed by atoms with van der Waals surface area (Å²) in [6.07, 6.45) is 3.48. The minimum atomic E-state index is 0.0722. The van der Waals surface area contributed by atoms with Crippen molar-refractivity contribution >= 4 is 5.91 Å². The Hall–Kier alpha value is -2.96. The number of amides is 1. The van der Waals surface area contributed by atoms with E-state index in [4.69, 9.17) is 5.10 Å². The predicted octanol–water partition coefficient (Wildman–Crippen LogP) is 2.44. The van der Waals surface area contributed by atoms with Gasteiger partial charge >= 0.3 is 0 Å². The van der Waals surface area contributed by atoms with Crippen LogP contribution in [0.4, 0.5) is 0 Å². The third-order valence-corrected chi connectivity index (χ3v) is 4.63. The highest BCUT2D eigenvalue weighted by atomic mass is 16.2. The van der Waals surface area contributed by atoms with Crippen molar-refractivity contribution in [2.45, 2.75) is 40.3 Å². The maximum Gasteiger partial charge on any atom is 0.224 e. The zero-order valence-electron chi connectivity index (χ0n) is 15.7. The first-order valence-electron chi connectivity index (χ1n) is 8.65. The van der Waals surface area contributed by atoms with Crippen LogP contribution in [0.3, 0.4) is 0 Å². The van der Waals surface area contributed by atoms with Gasteiger partial charge in [-0.3, -0.25) is 9.48 Å². The third kappa shape index (κ3) is 3.66. The number of carbonyl (C=O) groups excluding carboxylic acids is 1. The summed E-state index contributed by atoms with van der Waals surface area (Å²) in [5, 5.41) is 8.72. The van der Waals surface area contributed by atoms with Gasteiger partial charge in [0.2, 0.25) is 5.91 Å². The molecule has 0 aliphatic rings. The van der Waals surface area contributed by atoms with Gasteiger partial charge in [0.05, 0.1) is 17.9 Å². The summed E-state index contributed by atoms with van der Waals surface area (Å²) in [7, 11) is 1.83. The molecule has 0 radical (unpaired) electrons. The SMILES string of the molecule is Cc1ccccc1-n1nc(C)c(CN(C)C(=O)CCn2cncn2)c1C. The van der Waals surface area contributed by atoms with Crippen LogP contribution in [-0.2, 0) is 17.9 Å². The van der Waals surface area contributed by atoms with Crippen LogP contribution in [0.5, 0.6) is 0 Å². The molecule has 3 aromatic rings. The topological polar surface area (TPSA) is 68.8 Å². The largest absolute Gasteiger partial charge is 0.341 e. The smallest absolute Gasteiger partial charge is 0.224 e. The van der Waals surface area contributed by atoms with Crippen LogP contribution in [0, 0.1) is 20.8 Å². The number of carbonyl (C=O) groups is 1. The third-order valence-electron chi connectivity index (χ3n) is 4.63. The summed E-state index contributed by atoms with van der Waals surface area (Å²) in [5.74, 6) is 0.0722. The minimum absolute atomic E-state index is 0.0722. The first-order chi connectivity index (χ1) is 12.5. The molecule has 0 aliphatic heterocycles. The highest BCUT2D eigenvalue weighted by molar-refractivity contribution is 5.75. The van der Waals surface area contributed by atoms with Crippen molar-refractivity contribution in [1.29, 1.82) is 0 Å². The molecule has 0 spiro atoms. The van der Waals surface area contributed by atoms with Crippen LogP contribution in [0.15, 0.2) is 36.9 Å². The molecule has 0 unspecified atom stereocenters. The lowest BCUT2D eigenvalue weighted by atomic mass is 10.1. The molecule has 7 nitrogen and oxygen atoms in total. The van der Waals surface area contributed by atoms with Crippen molar-refractivity contribution in [2.24, 2.45) is 0 Å². The van der Waals surface area contributed by atoms with E-state index >= 15 is 0 Å². The quantitative estimate of drug-likeness (QED) is 0.683. The van der Waals surface area contributed by atoms with Gasteiger partial charge in [-0.25, -0.2) is 9.67 Å². The molecule has 0 N–H and O–H groups in total. The summed E-state index contributed by atoms with van der Waals surface area (Å²) in [6, 6.07) is 8.17. The Labute approximate surface area is 153 Å². The number of aryl methyl sites for hydroxylation is 3. The highest BCUT2D eigenvalue weighted by Gasteiger charge is 2.17. The number of nitrogens with zero attached hydrogens (tertiary/aromatic N) is 6. The Morgan fingerprint density at radius 1 is 1.19 bits per heavy atom. The van der Waals surface area contributed by atoms with E-state index in [1.807, 2.05) is 30.8 Å². The average molecular weight is 352 g/mol. The molecule has 0 fully saturated rings. The molecule has 1 aromatic carbocycles. The standard InChI is InChI=1S/C19H24N6O/c1-14-7-5-6-8-18(14)25-16(3)17(15(2)22-25)11-23(4)19(26)9-10-24-13-20-12-21-24/h5-8,12-13H,9-11H2,1-4H3. The van der Waals surface area contributed by atoms with E-state index in [-0.39, 0.29) is 5.91 Å². The van der Waals surface area contributed by atoms with Crippen LogP contribution in [0.1, 0.15) is 28.9 Å². The monoisotopic (exact) mass is 352 g/mol. The molecule has 1 amide bonds. The van der Waals surface area contributed by atoms with E-state index in [2.05, 4.69) is 36.1 Å². The molecule has 0 aliphatic carbocycles. The van der Waals surface area contributed by atoms with Crippen molar-refractivity contribution in [3.8, 4) is 5.69 Å². The predicted molar refractivity (Wildman–Crippen MR) is 98.9 cm³/mol. The Balaban J connectivity index is 1.73. The normalized spacial score (nSPS) is 10.9. The summed E-state index contributed by atoms with van der Waals surface area (Å²) < 4.78 is 3.63. The van der Waals surface area contributed by atoms with Gasteiger partial charge in [0.1, 0.15) is 12.7 Å². The first-order valence-corrected chi connectivity index (χ1v) is 8.65. The molecule has 0 saturated heterocycles. The lowest BCUT2D eigenvalue weighted by Gasteiger charge is -2.17. The number of para-hydroxylation sites is 1. The van der Waals surface area contributed by atoms with Gasteiger partial charge < -0.3 is 4.90 Å². The molecule has 136 valence electrons. The van der Waals surface area contributed by atoms with Crippen LogP contribution >= 0.6 is 0 Å². The number of hydrogen-bond donors (Lipinski definition) is 0. The van der Waals surface area contributed by atoms with Gasteiger partial charge in [-0.15, -0.1) is 0 Å². The van der Waals surface area contributed by atoms with E-state index in [1.165, 1.54) is 11.9 Å². The lowest BCUT2D eigenvalue weighted by Crippen LogP contribution is -2.27. The van der Waals surface area contributed by atoms with E-state index in [1.54, 1.807) is 15.9 Å². The van der Waals surface area contributed by atoms with Gasteiger partial charge in [-0.1, -0.05) is 18.2 Å². The van der Waals surface area contributed by atoms with Gasteiger partial charge in [0.15, 0.2) is 0 Å². The Morgan fingerprint density at radius 3 is 2.65 bits per heavy atom. The van der Waals surface area contributed by atoms with Gasteiger partial charge in [0, 0.05) is 31.3 Å². The van der Waals surface area contributed by atoms with Crippen LogP contribution in [-0.4, -0.2) is 42.4 Å². The van der Waals surface area contributed by atoms with Gasteiger partial charge in [-0.05, 0) is 32.4 Å². The highest BCUT2D eigenvalue weighted by Crippen LogP contribution is 2.21. The average Bonchev–Trinajstić information content (AvgIpc) is 3.23. The number of benzene rings is 1. The lowest BCUT2D eigenvalue weighted by molar-refractivity contribution is -0.130. The first kappa shape index (κ1) is 17.8. The molecule has 2 aromatic heterocycles. The molecule has 0 bridgehead atoms. The van der Waals surface area contributed by atoms with E-state index in [9.17, 15) is 4.79 Å². The molecule has 7 heteroatoms. The number of hydrogen-bond acceptors (Lipinski definition) is 4. The summed E-state index contributed by atoms with van der Waals surface area (Å²) in [4.78, 5) is 18.1. The fourth-order valence-corrected chi connectivity index (χ4v) is 3.01. The molecular formula is C19H24N6O. The van der Waals surface area contributed by atoms with Crippen LogP contribution in [0.2, 0.25) is 0 Å². The molecule has 26 heavy (non-hydrogen) atoms. The van der Waals surface area contributed by atoms with Crippen molar-refractivity contribution in [3.05, 3.63) is 59.4 Å². The van der Waals surface area contributed by atoms with E-state index < -0.39 is 0 Å². The Bertz CT molecular complexity index is 897. The second kappa shape index (κ2) is 7.51. The Kier molecular flexibility index (Phi) is 5.16. The van der Waals surface area contributed by atoms with Crippen molar-refractivity contribution < 1.29 is 4.79 Å². The molecular weight excluding hydrogens is 328 g/mol. The molecule has 3 rings (SSSR count). The van der Waals surface area contributed by atoms with Crippen LogP contribution in [0.25, 0.3) is 5.69 Å².